The summed E-state index contributed by atoms with van der Waals surface area (Å²) >= 11 is 0. The highest BCUT2D eigenvalue weighted by Crippen LogP contribution is 2.15. The molecule has 0 spiro atoms. The minimum absolute atomic E-state index is 0.454. The van der Waals surface area contributed by atoms with Gasteiger partial charge in [0.1, 0.15) is 0 Å². The van der Waals surface area contributed by atoms with Crippen molar-refractivity contribution in [2.45, 2.75) is 58.0 Å². The zero-order valence-corrected chi connectivity index (χ0v) is 13.5. The molecule has 1 heterocycles. The van der Waals surface area contributed by atoms with Crippen LogP contribution in [0, 0.1) is 0 Å². The summed E-state index contributed by atoms with van der Waals surface area (Å²) in [6, 6.07) is 9.87. The second kappa shape index (κ2) is 9.06. The first kappa shape index (κ1) is 16.3. The second-order valence-corrected chi connectivity index (χ2v) is 6.16. The lowest BCUT2D eigenvalue weighted by Gasteiger charge is -2.27. The fourth-order valence-electron chi connectivity index (χ4n) is 2.89. The van der Waals surface area contributed by atoms with Crippen molar-refractivity contribution in [2.75, 3.05) is 25.1 Å². The molecule has 1 aromatic carbocycles. The minimum Gasteiger partial charge on any atom is -0.383 e. The normalized spacial score (nSPS) is 20.2. The Kier molecular flexibility index (Phi) is 7.04. The van der Waals surface area contributed by atoms with E-state index in [-0.39, 0.29) is 0 Å². The van der Waals surface area contributed by atoms with Crippen LogP contribution in [0.1, 0.15) is 45.1 Å². The standard InChI is InChI=1S/C18H30N2O/c1-3-4-5-6-16-7-9-17(10-8-16)20-15(2)13-18-14-21-12-11-19-18/h7-10,15,18-20H,3-6,11-14H2,1-2H3. The Morgan fingerprint density at radius 3 is 2.76 bits per heavy atom. The number of unbranched alkanes of at least 4 members (excludes halogenated alkanes) is 2. The van der Waals surface area contributed by atoms with Gasteiger partial charge in [0.05, 0.1) is 13.2 Å². The van der Waals surface area contributed by atoms with Crippen LogP contribution in [0.15, 0.2) is 24.3 Å². The molecule has 1 saturated heterocycles. The van der Waals surface area contributed by atoms with Gasteiger partial charge in [-0.15, -0.1) is 0 Å². The van der Waals surface area contributed by atoms with Gasteiger partial charge in [-0.1, -0.05) is 31.9 Å². The van der Waals surface area contributed by atoms with Crippen LogP contribution in [-0.2, 0) is 11.2 Å². The van der Waals surface area contributed by atoms with Crippen molar-refractivity contribution in [3.63, 3.8) is 0 Å². The molecule has 0 saturated carbocycles. The van der Waals surface area contributed by atoms with Crippen molar-refractivity contribution < 1.29 is 4.74 Å². The van der Waals surface area contributed by atoms with Gasteiger partial charge < -0.3 is 15.4 Å². The third kappa shape index (κ3) is 6.06. The molecule has 2 atom stereocenters. The maximum Gasteiger partial charge on any atom is 0.0621 e. The summed E-state index contributed by atoms with van der Waals surface area (Å²) in [5, 5.41) is 7.10. The predicted molar refractivity (Wildman–Crippen MR) is 90.0 cm³/mol. The average molecular weight is 290 g/mol. The molecule has 1 aromatic rings. The van der Waals surface area contributed by atoms with Crippen LogP contribution in [0.25, 0.3) is 0 Å². The number of hydrogen-bond acceptors (Lipinski definition) is 3. The quantitative estimate of drug-likeness (QED) is 0.718. The Labute approximate surface area is 129 Å². The van der Waals surface area contributed by atoms with E-state index in [1.54, 1.807) is 0 Å². The number of nitrogens with one attached hydrogen (secondary N) is 2. The molecule has 0 bridgehead atoms. The summed E-state index contributed by atoms with van der Waals surface area (Å²) in [4.78, 5) is 0. The third-order valence-corrected chi connectivity index (χ3v) is 4.07. The highest BCUT2D eigenvalue weighted by Gasteiger charge is 2.15. The summed E-state index contributed by atoms with van der Waals surface area (Å²) in [5.41, 5.74) is 2.67. The largest absolute Gasteiger partial charge is 0.383 e. The lowest BCUT2D eigenvalue weighted by Crippen LogP contribution is -2.43. The third-order valence-electron chi connectivity index (χ3n) is 4.07. The van der Waals surface area contributed by atoms with Crippen LogP contribution >= 0.6 is 0 Å². The SMILES string of the molecule is CCCCCc1ccc(NC(C)CC2COCCN2)cc1. The van der Waals surface area contributed by atoms with Gasteiger partial charge in [-0.3, -0.25) is 0 Å². The van der Waals surface area contributed by atoms with Gasteiger partial charge in [0, 0.05) is 24.3 Å². The van der Waals surface area contributed by atoms with Crippen molar-refractivity contribution in [1.29, 1.82) is 0 Å². The van der Waals surface area contributed by atoms with E-state index in [9.17, 15) is 0 Å². The zero-order chi connectivity index (χ0) is 14.9. The molecule has 0 radical (unpaired) electrons. The molecule has 0 amide bonds. The fourth-order valence-corrected chi connectivity index (χ4v) is 2.89. The Balaban J connectivity index is 1.73. The number of aryl methyl sites for hydroxylation is 1. The molecule has 3 nitrogen and oxygen atoms in total. The highest BCUT2D eigenvalue weighted by atomic mass is 16.5. The van der Waals surface area contributed by atoms with Crippen LogP contribution in [0.4, 0.5) is 5.69 Å². The first-order valence-electron chi connectivity index (χ1n) is 8.44. The summed E-state index contributed by atoms with van der Waals surface area (Å²) in [6.07, 6.45) is 6.21. The van der Waals surface area contributed by atoms with Gasteiger partial charge in [-0.05, 0) is 43.9 Å². The lowest BCUT2D eigenvalue weighted by molar-refractivity contribution is 0.0731. The summed E-state index contributed by atoms with van der Waals surface area (Å²) < 4.78 is 5.51. The number of ether oxygens (including phenoxy) is 1. The van der Waals surface area contributed by atoms with Gasteiger partial charge in [-0.2, -0.15) is 0 Å². The Hall–Kier alpha value is -1.06. The van der Waals surface area contributed by atoms with Crippen LogP contribution in [0.5, 0.6) is 0 Å². The molecule has 0 aromatic heterocycles. The molecular formula is C18H30N2O. The zero-order valence-electron chi connectivity index (χ0n) is 13.5. The van der Waals surface area contributed by atoms with Gasteiger partial charge in [0.25, 0.3) is 0 Å². The van der Waals surface area contributed by atoms with E-state index < -0.39 is 0 Å². The number of morpholine rings is 1. The van der Waals surface area contributed by atoms with E-state index in [0.29, 0.717) is 12.1 Å². The Bertz CT molecular complexity index is 385. The van der Waals surface area contributed by atoms with Gasteiger partial charge in [-0.25, -0.2) is 0 Å². The van der Waals surface area contributed by atoms with E-state index in [1.165, 1.54) is 36.9 Å². The van der Waals surface area contributed by atoms with Crippen molar-refractivity contribution in [3.8, 4) is 0 Å². The Morgan fingerprint density at radius 1 is 1.29 bits per heavy atom. The summed E-state index contributed by atoms with van der Waals surface area (Å²) in [5.74, 6) is 0. The van der Waals surface area contributed by atoms with Crippen LogP contribution in [-0.4, -0.2) is 31.8 Å². The number of rotatable bonds is 8. The first-order chi connectivity index (χ1) is 10.3. The smallest absolute Gasteiger partial charge is 0.0621 e. The van der Waals surface area contributed by atoms with Gasteiger partial charge in [0.15, 0.2) is 0 Å². The second-order valence-electron chi connectivity index (χ2n) is 6.16. The molecular weight excluding hydrogens is 260 g/mol. The van der Waals surface area contributed by atoms with Crippen LogP contribution in [0.3, 0.4) is 0 Å². The first-order valence-corrected chi connectivity index (χ1v) is 8.44. The molecule has 2 rings (SSSR count). The van der Waals surface area contributed by atoms with Crippen molar-refractivity contribution >= 4 is 5.69 Å². The van der Waals surface area contributed by atoms with Gasteiger partial charge >= 0.3 is 0 Å². The van der Waals surface area contributed by atoms with Gasteiger partial charge in [0.2, 0.25) is 0 Å². The van der Waals surface area contributed by atoms with E-state index in [0.717, 1.165) is 26.2 Å². The molecule has 2 N–H and O–H groups in total. The highest BCUT2D eigenvalue weighted by molar-refractivity contribution is 5.45. The number of hydrogen-bond donors (Lipinski definition) is 2. The molecule has 2 unspecified atom stereocenters. The molecule has 1 fully saturated rings. The molecule has 1 aliphatic rings. The molecule has 0 aliphatic carbocycles. The van der Waals surface area contributed by atoms with E-state index >= 15 is 0 Å². The minimum atomic E-state index is 0.454. The average Bonchev–Trinajstić information content (AvgIpc) is 2.50. The van der Waals surface area contributed by atoms with Crippen molar-refractivity contribution in [2.24, 2.45) is 0 Å². The summed E-state index contributed by atoms with van der Waals surface area (Å²) in [6.45, 7) is 7.15. The van der Waals surface area contributed by atoms with E-state index in [2.05, 4.69) is 48.7 Å². The number of anilines is 1. The molecule has 118 valence electrons. The number of benzene rings is 1. The van der Waals surface area contributed by atoms with Crippen LogP contribution in [0.2, 0.25) is 0 Å². The maximum atomic E-state index is 5.51. The maximum absolute atomic E-state index is 5.51. The van der Waals surface area contributed by atoms with Crippen LogP contribution < -0.4 is 10.6 Å². The molecule has 21 heavy (non-hydrogen) atoms. The lowest BCUT2D eigenvalue weighted by atomic mass is 10.1. The molecule has 1 aliphatic heterocycles. The predicted octanol–water partition coefficient (Wildman–Crippen LogP) is 3.60. The van der Waals surface area contributed by atoms with E-state index in [1.807, 2.05) is 0 Å². The topological polar surface area (TPSA) is 33.3 Å². The monoisotopic (exact) mass is 290 g/mol. The fraction of sp³-hybridized carbons (Fsp3) is 0.667. The van der Waals surface area contributed by atoms with Crippen molar-refractivity contribution in [3.05, 3.63) is 29.8 Å². The molecule has 3 heteroatoms. The Morgan fingerprint density at radius 2 is 2.10 bits per heavy atom. The van der Waals surface area contributed by atoms with E-state index in [4.69, 9.17) is 4.74 Å². The van der Waals surface area contributed by atoms with Crippen molar-refractivity contribution in [1.82, 2.24) is 5.32 Å². The summed E-state index contributed by atoms with van der Waals surface area (Å²) in [7, 11) is 0.